The van der Waals surface area contributed by atoms with Crippen molar-refractivity contribution >= 4 is 15.9 Å². The van der Waals surface area contributed by atoms with Crippen LogP contribution in [0.5, 0.6) is 0 Å². The first-order valence-electron chi connectivity index (χ1n) is 6.80. The summed E-state index contributed by atoms with van der Waals surface area (Å²) in [5.41, 5.74) is 3.37. The maximum absolute atomic E-state index is 10.2. The third-order valence-electron chi connectivity index (χ3n) is 3.45. The molecule has 0 heterocycles. The Morgan fingerprint density at radius 3 is 2.15 bits per heavy atom. The molecular weight excluding hydrogens is 314 g/mol. The van der Waals surface area contributed by atoms with Gasteiger partial charge in [-0.1, -0.05) is 57.9 Å². The van der Waals surface area contributed by atoms with Gasteiger partial charge in [-0.3, -0.25) is 0 Å². The first kappa shape index (κ1) is 15.2. The zero-order chi connectivity index (χ0) is 14.5. The molecule has 0 unspecified atom stereocenters. The molecule has 2 atom stereocenters. The minimum atomic E-state index is -0.478. The first-order chi connectivity index (χ1) is 9.56. The van der Waals surface area contributed by atoms with Gasteiger partial charge in [-0.15, -0.1) is 0 Å². The van der Waals surface area contributed by atoms with Crippen LogP contribution in [-0.4, -0.2) is 11.7 Å². The van der Waals surface area contributed by atoms with Gasteiger partial charge in [0, 0.05) is 17.1 Å². The molecule has 0 saturated carbocycles. The van der Waals surface area contributed by atoms with Crippen LogP contribution in [0.15, 0.2) is 53.0 Å². The van der Waals surface area contributed by atoms with Crippen molar-refractivity contribution < 1.29 is 5.11 Å². The zero-order valence-electron chi connectivity index (χ0n) is 11.8. The van der Waals surface area contributed by atoms with Gasteiger partial charge < -0.3 is 10.4 Å². The second kappa shape index (κ2) is 7.02. The van der Waals surface area contributed by atoms with Gasteiger partial charge in [0.25, 0.3) is 0 Å². The molecule has 0 fully saturated rings. The van der Waals surface area contributed by atoms with E-state index in [0.29, 0.717) is 6.54 Å². The molecule has 2 aromatic carbocycles. The fourth-order valence-electron chi connectivity index (χ4n) is 2.06. The molecule has 0 radical (unpaired) electrons. The highest BCUT2D eigenvalue weighted by molar-refractivity contribution is 9.10. The number of halogens is 1. The quantitative estimate of drug-likeness (QED) is 0.861. The van der Waals surface area contributed by atoms with Crippen molar-refractivity contribution in [2.45, 2.75) is 26.0 Å². The summed E-state index contributed by atoms with van der Waals surface area (Å²) in [7, 11) is 0. The smallest absolute Gasteiger partial charge is 0.0914 e. The summed E-state index contributed by atoms with van der Waals surface area (Å²) >= 11 is 3.43. The van der Waals surface area contributed by atoms with Crippen LogP contribution in [0.25, 0.3) is 0 Å². The lowest BCUT2D eigenvalue weighted by molar-refractivity contribution is 0.171. The minimum Gasteiger partial charge on any atom is -0.387 e. The number of hydrogen-bond donors (Lipinski definition) is 2. The average molecular weight is 334 g/mol. The Morgan fingerprint density at radius 2 is 1.55 bits per heavy atom. The van der Waals surface area contributed by atoms with Crippen LogP contribution in [0.4, 0.5) is 0 Å². The van der Waals surface area contributed by atoms with Gasteiger partial charge in [-0.2, -0.15) is 0 Å². The Morgan fingerprint density at radius 1 is 1.00 bits per heavy atom. The Hall–Kier alpha value is -1.16. The lowest BCUT2D eigenvalue weighted by atomic mass is 10.1. The molecule has 0 aliphatic rings. The molecule has 0 saturated heterocycles. The normalized spacial score (nSPS) is 14.0. The van der Waals surface area contributed by atoms with Crippen LogP contribution < -0.4 is 5.32 Å². The zero-order valence-corrected chi connectivity index (χ0v) is 13.4. The summed E-state index contributed by atoms with van der Waals surface area (Å²) in [6, 6.07) is 16.4. The fourth-order valence-corrected chi connectivity index (χ4v) is 2.33. The molecule has 0 bridgehead atoms. The number of aliphatic hydroxyl groups is 1. The van der Waals surface area contributed by atoms with Crippen LogP contribution in [0, 0.1) is 6.92 Å². The van der Waals surface area contributed by atoms with Gasteiger partial charge in [0.15, 0.2) is 0 Å². The van der Waals surface area contributed by atoms with Gasteiger partial charge >= 0.3 is 0 Å². The van der Waals surface area contributed by atoms with E-state index >= 15 is 0 Å². The molecule has 3 heteroatoms. The molecule has 20 heavy (non-hydrogen) atoms. The Balaban J connectivity index is 1.91. The van der Waals surface area contributed by atoms with E-state index in [1.807, 2.05) is 43.3 Å². The third kappa shape index (κ3) is 4.17. The molecule has 0 aromatic heterocycles. The monoisotopic (exact) mass is 333 g/mol. The summed E-state index contributed by atoms with van der Waals surface area (Å²) in [6.45, 7) is 4.69. The van der Waals surface area contributed by atoms with Crippen molar-refractivity contribution in [2.24, 2.45) is 0 Å². The number of nitrogens with one attached hydrogen (secondary N) is 1. The lowest BCUT2D eigenvalue weighted by Crippen LogP contribution is -2.24. The number of hydrogen-bond acceptors (Lipinski definition) is 2. The van der Waals surface area contributed by atoms with Gasteiger partial charge in [-0.05, 0) is 37.1 Å². The third-order valence-corrected chi connectivity index (χ3v) is 3.98. The van der Waals surface area contributed by atoms with Crippen molar-refractivity contribution in [3.8, 4) is 0 Å². The summed E-state index contributed by atoms with van der Waals surface area (Å²) < 4.78 is 1.08. The average Bonchev–Trinajstić information content (AvgIpc) is 2.46. The van der Waals surface area contributed by atoms with Crippen molar-refractivity contribution in [2.75, 3.05) is 6.54 Å². The van der Waals surface area contributed by atoms with E-state index in [-0.39, 0.29) is 6.04 Å². The van der Waals surface area contributed by atoms with Gasteiger partial charge in [0.2, 0.25) is 0 Å². The SMILES string of the molecule is Cc1ccc([C@H](O)CN[C@H](C)c2ccc(Br)cc2)cc1. The van der Waals surface area contributed by atoms with Gasteiger partial charge in [-0.25, -0.2) is 0 Å². The standard InChI is InChI=1S/C17H20BrNO/c1-12-3-5-15(6-4-12)17(20)11-19-13(2)14-7-9-16(18)10-8-14/h3-10,13,17,19-20H,11H2,1-2H3/t13-,17-/m1/s1. The van der Waals surface area contributed by atoms with Crippen molar-refractivity contribution in [3.05, 3.63) is 69.7 Å². The maximum Gasteiger partial charge on any atom is 0.0914 e. The van der Waals surface area contributed by atoms with Crippen molar-refractivity contribution in [1.29, 1.82) is 0 Å². The minimum absolute atomic E-state index is 0.211. The second-order valence-corrected chi connectivity index (χ2v) is 6.02. The lowest BCUT2D eigenvalue weighted by Gasteiger charge is -2.18. The van der Waals surface area contributed by atoms with Crippen LogP contribution in [0.1, 0.15) is 35.8 Å². The van der Waals surface area contributed by atoms with Crippen LogP contribution in [-0.2, 0) is 0 Å². The van der Waals surface area contributed by atoms with E-state index in [0.717, 1.165) is 10.0 Å². The van der Waals surface area contributed by atoms with E-state index in [9.17, 15) is 5.11 Å². The molecule has 2 rings (SSSR count). The number of benzene rings is 2. The Kier molecular flexibility index (Phi) is 5.35. The van der Waals surface area contributed by atoms with E-state index in [2.05, 4.69) is 40.3 Å². The van der Waals surface area contributed by atoms with E-state index < -0.39 is 6.10 Å². The molecule has 2 aromatic rings. The van der Waals surface area contributed by atoms with Crippen LogP contribution in [0.2, 0.25) is 0 Å². The predicted molar refractivity (Wildman–Crippen MR) is 86.7 cm³/mol. The fraction of sp³-hybridized carbons (Fsp3) is 0.294. The topological polar surface area (TPSA) is 32.3 Å². The molecule has 2 N–H and O–H groups in total. The molecular formula is C17H20BrNO. The van der Waals surface area contributed by atoms with Gasteiger partial charge in [0.1, 0.15) is 0 Å². The number of rotatable bonds is 5. The summed E-state index contributed by atoms with van der Waals surface area (Å²) in [6.07, 6.45) is -0.478. The molecule has 106 valence electrons. The van der Waals surface area contributed by atoms with Crippen molar-refractivity contribution in [3.63, 3.8) is 0 Å². The van der Waals surface area contributed by atoms with Gasteiger partial charge in [0.05, 0.1) is 6.10 Å². The predicted octanol–water partition coefficient (Wildman–Crippen LogP) is 4.14. The van der Waals surface area contributed by atoms with E-state index in [1.54, 1.807) is 0 Å². The highest BCUT2D eigenvalue weighted by atomic mass is 79.9. The largest absolute Gasteiger partial charge is 0.387 e. The maximum atomic E-state index is 10.2. The van der Waals surface area contributed by atoms with E-state index in [1.165, 1.54) is 11.1 Å². The summed E-state index contributed by atoms with van der Waals surface area (Å²) in [5.74, 6) is 0. The summed E-state index contributed by atoms with van der Waals surface area (Å²) in [5, 5.41) is 13.5. The summed E-state index contributed by atoms with van der Waals surface area (Å²) in [4.78, 5) is 0. The van der Waals surface area contributed by atoms with Crippen LogP contribution >= 0.6 is 15.9 Å². The molecule has 2 nitrogen and oxygen atoms in total. The molecule has 0 amide bonds. The first-order valence-corrected chi connectivity index (χ1v) is 7.59. The van der Waals surface area contributed by atoms with Crippen LogP contribution in [0.3, 0.4) is 0 Å². The molecule has 0 aliphatic carbocycles. The highest BCUT2D eigenvalue weighted by Crippen LogP contribution is 2.18. The van der Waals surface area contributed by atoms with E-state index in [4.69, 9.17) is 0 Å². The molecule has 0 spiro atoms. The Bertz CT molecular complexity index is 484. The van der Waals surface area contributed by atoms with Crippen molar-refractivity contribution in [1.82, 2.24) is 5.32 Å². The highest BCUT2D eigenvalue weighted by Gasteiger charge is 2.10. The Labute approximate surface area is 129 Å². The second-order valence-electron chi connectivity index (χ2n) is 5.11. The number of aryl methyl sites for hydroxylation is 1. The number of aliphatic hydroxyl groups excluding tert-OH is 1. The molecule has 0 aliphatic heterocycles.